The second-order valence-electron chi connectivity index (χ2n) is 8.45. The zero-order valence-corrected chi connectivity index (χ0v) is 18.3. The van der Waals surface area contributed by atoms with Gasteiger partial charge in [-0.1, -0.05) is 23.4 Å². The first-order chi connectivity index (χ1) is 16.1. The molecule has 1 amide bonds. The third kappa shape index (κ3) is 4.73. The molecule has 1 aromatic heterocycles. The summed E-state index contributed by atoms with van der Waals surface area (Å²) in [5.41, 5.74) is 2.98. The SMILES string of the molecule is Cc1noc([C@@H]2C[C@H]2C(=O)Nc2cccc(-c3ccc(OC4CCOCC4)c(C#N)c3)c2)n1. The molecule has 2 aromatic carbocycles. The van der Waals surface area contributed by atoms with E-state index >= 15 is 0 Å². The number of anilines is 1. The predicted molar refractivity (Wildman–Crippen MR) is 120 cm³/mol. The normalized spacial score (nSPS) is 20.1. The number of benzene rings is 2. The zero-order chi connectivity index (χ0) is 22.8. The molecule has 0 bridgehead atoms. The number of carbonyl (C=O) groups is 1. The molecule has 1 saturated heterocycles. The molecule has 1 saturated carbocycles. The molecule has 33 heavy (non-hydrogen) atoms. The highest BCUT2D eigenvalue weighted by Gasteiger charge is 2.47. The van der Waals surface area contributed by atoms with Crippen LogP contribution in [0.5, 0.6) is 5.75 Å². The second kappa shape index (κ2) is 9.04. The van der Waals surface area contributed by atoms with Crippen molar-refractivity contribution in [2.75, 3.05) is 18.5 Å². The van der Waals surface area contributed by atoms with Crippen molar-refractivity contribution in [3.05, 3.63) is 59.7 Å². The summed E-state index contributed by atoms with van der Waals surface area (Å²) in [5.74, 6) is 1.44. The van der Waals surface area contributed by atoms with Crippen LogP contribution in [0.3, 0.4) is 0 Å². The maximum atomic E-state index is 12.7. The van der Waals surface area contributed by atoms with Crippen molar-refractivity contribution in [3.63, 3.8) is 0 Å². The van der Waals surface area contributed by atoms with Crippen LogP contribution in [-0.2, 0) is 9.53 Å². The van der Waals surface area contributed by atoms with E-state index < -0.39 is 0 Å². The first-order valence-corrected chi connectivity index (χ1v) is 11.1. The van der Waals surface area contributed by atoms with Gasteiger partial charge in [-0.15, -0.1) is 0 Å². The Morgan fingerprint density at radius 2 is 2.00 bits per heavy atom. The Morgan fingerprint density at radius 1 is 1.18 bits per heavy atom. The average Bonchev–Trinajstić information content (AvgIpc) is 3.53. The lowest BCUT2D eigenvalue weighted by Crippen LogP contribution is -2.26. The molecule has 2 heterocycles. The van der Waals surface area contributed by atoms with Crippen LogP contribution < -0.4 is 10.1 Å². The van der Waals surface area contributed by atoms with Gasteiger partial charge < -0.3 is 19.3 Å². The number of carbonyl (C=O) groups excluding carboxylic acids is 1. The quantitative estimate of drug-likeness (QED) is 0.606. The Balaban J connectivity index is 1.27. The number of nitrogens with one attached hydrogen (secondary N) is 1. The summed E-state index contributed by atoms with van der Waals surface area (Å²) >= 11 is 0. The van der Waals surface area contributed by atoms with Gasteiger partial charge in [0.15, 0.2) is 5.82 Å². The summed E-state index contributed by atoms with van der Waals surface area (Å²) in [4.78, 5) is 16.9. The minimum Gasteiger partial charge on any atom is -0.489 e. The van der Waals surface area contributed by atoms with Gasteiger partial charge in [-0.3, -0.25) is 4.79 Å². The van der Waals surface area contributed by atoms with Gasteiger partial charge in [0.1, 0.15) is 17.9 Å². The molecule has 1 N–H and O–H groups in total. The summed E-state index contributed by atoms with van der Waals surface area (Å²) in [6, 6.07) is 15.4. The van der Waals surface area contributed by atoms with Crippen LogP contribution in [0.15, 0.2) is 47.0 Å². The lowest BCUT2D eigenvalue weighted by molar-refractivity contribution is -0.117. The van der Waals surface area contributed by atoms with Crippen LogP contribution in [0.4, 0.5) is 5.69 Å². The van der Waals surface area contributed by atoms with E-state index in [1.54, 1.807) is 6.92 Å². The van der Waals surface area contributed by atoms with Crippen molar-refractivity contribution in [2.45, 2.75) is 38.2 Å². The summed E-state index contributed by atoms with van der Waals surface area (Å²) in [5, 5.41) is 16.4. The van der Waals surface area contributed by atoms with Crippen molar-refractivity contribution in [1.29, 1.82) is 5.26 Å². The second-order valence-corrected chi connectivity index (χ2v) is 8.45. The number of aryl methyl sites for hydroxylation is 1. The molecule has 0 unspecified atom stereocenters. The molecule has 8 nitrogen and oxygen atoms in total. The minimum absolute atomic E-state index is 0.0177. The van der Waals surface area contributed by atoms with Gasteiger partial charge in [-0.2, -0.15) is 10.2 Å². The molecule has 2 fully saturated rings. The molecular formula is C25H24N4O4. The summed E-state index contributed by atoms with van der Waals surface area (Å²) in [6.07, 6.45) is 2.41. The molecule has 168 valence electrons. The first-order valence-electron chi connectivity index (χ1n) is 11.1. The van der Waals surface area contributed by atoms with Crippen molar-refractivity contribution >= 4 is 11.6 Å². The number of hydrogen-bond acceptors (Lipinski definition) is 7. The molecule has 8 heteroatoms. The smallest absolute Gasteiger partial charge is 0.230 e. The van der Waals surface area contributed by atoms with Crippen LogP contribution in [0, 0.1) is 24.2 Å². The number of hydrogen-bond donors (Lipinski definition) is 1. The minimum atomic E-state index is -0.166. The topological polar surface area (TPSA) is 110 Å². The highest BCUT2D eigenvalue weighted by atomic mass is 16.5. The summed E-state index contributed by atoms with van der Waals surface area (Å²) in [6.45, 7) is 3.12. The summed E-state index contributed by atoms with van der Waals surface area (Å²) < 4.78 is 16.6. The van der Waals surface area contributed by atoms with E-state index in [2.05, 4.69) is 21.5 Å². The van der Waals surface area contributed by atoms with Crippen molar-refractivity contribution < 1.29 is 18.8 Å². The third-order valence-electron chi connectivity index (χ3n) is 6.01. The van der Waals surface area contributed by atoms with Crippen LogP contribution in [-0.4, -0.2) is 35.4 Å². The fraction of sp³-hybridized carbons (Fsp3) is 0.360. The lowest BCUT2D eigenvalue weighted by Gasteiger charge is -2.23. The number of amides is 1. The number of rotatable bonds is 6. The van der Waals surface area contributed by atoms with Crippen molar-refractivity contribution in [3.8, 4) is 22.9 Å². The first kappa shape index (κ1) is 21.2. The fourth-order valence-corrected chi connectivity index (χ4v) is 4.11. The Labute approximate surface area is 191 Å². The van der Waals surface area contributed by atoms with Gasteiger partial charge in [0.25, 0.3) is 0 Å². The molecule has 5 rings (SSSR count). The van der Waals surface area contributed by atoms with E-state index in [1.165, 1.54) is 0 Å². The highest BCUT2D eigenvalue weighted by molar-refractivity contribution is 5.95. The molecule has 1 aliphatic heterocycles. The molecule has 2 aliphatic rings. The fourth-order valence-electron chi connectivity index (χ4n) is 4.11. The van der Waals surface area contributed by atoms with Gasteiger partial charge in [0, 0.05) is 18.5 Å². The van der Waals surface area contributed by atoms with Crippen LogP contribution in [0.25, 0.3) is 11.1 Å². The molecule has 1 aliphatic carbocycles. The predicted octanol–water partition coefficient (Wildman–Crippen LogP) is 4.22. The average molecular weight is 444 g/mol. The highest BCUT2D eigenvalue weighted by Crippen LogP contribution is 2.47. The maximum absolute atomic E-state index is 12.7. The van der Waals surface area contributed by atoms with Crippen LogP contribution >= 0.6 is 0 Å². The molecule has 0 radical (unpaired) electrons. The largest absolute Gasteiger partial charge is 0.489 e. The van der Waals surface area contributed by atoms with Crippen molar-refractivity contribution in [1.82, 2.24) is 10.1 Å². The molecule has 0 spiro atoms. The lowest BCUT2D eigenvalue weighted by atomic mass is 10.0. The van der Waals surface area contributed by atoms with Gasteiger partial charge in [0.05, 0.1) is 30.6 Å². The number of aromatic nitrogens is 2. The molecular weight excluding hydrogens is 420 g/mol. The standard InChI is InChI=1S/C25H24N4O4/c1-15-27-25(33-29-15)22-13-21(22)24(30)28-19-4-2-3-16(12-19)17-5-6-23(18(11-17)14-26)32-20-7-9-31-10-8-20/h2-6,11-12,20-22H,7-10,13H2,1H3,(H,28,30)/t21-,22-/m1/s1. The van der Waals surface area contributed by atoms with Gasteiger partial charge in [0.2, 0.25) is 11.8 Å². The van der Waals surface area contributed by atoms with Gasteiger partial charge in [-0.25, -0.2) is 0 Å². The Bertz CT molecular complexity index is 1210. The van der Waals surface area contributed by atoms with Gasteiger partial charge >= 0.3 is 0 Å². The zero-order valence-electron chi connectivity index (χ0n) is 18.3. The van der Waals surface area contributed by atoms with Crippen molar-refractivity contribution in [2.24, 2.45) is 5.92 Å². The van der Waals surface area contributed by atoms with E-state index in [0.717, 1.165) is 24.0 Å². The Morgan fingerprint density at radius 3 is 2.76 bits per heavy atom. The number of ether oxygens (including phenoxy) is 2. The van der Waals surface area contributed by atoms with Gasteiger partial charge in [-0.05, 0) is 48.7 Å². The molecule has 3 aromatic rings. The Hall–Kier alpha value is -3.70. The number of nitriles is 1. The van der Waals surface area contributed by atoms with Crippen LogP contribution in [0.2, 0.25) is 0 Å². The van der Waals surface area contributed by atoms with E-state index in [1.807, 2.05) is 42.5 Å². The third-order valence-corrected chi connectivity index (χ3v) is 6.01. The van der Waals surface area contributed by atoms with E-state index in [9.17, 15) is 10.1 Å². The van der Waals surface area contributed by atoms with E-state index in [-0.39, 0.29) is 23.8 Å². The van der Waals surface area contributed by atoms with E-state index in [4.69, 9.17) is 14.0 Å². The van der Waals surface area contributed by atoms with E-state index in [0.29, 0.717) is 48.4 Å². The maximum Gasteiger partial charge on any atom is 0.230 e. The summed E-state index contributed by atoms with van der Waals surface area (Å²) in [7, 11) is 0. The Kier molecular flexibility index (Phi) is 5.80. The number of nitrogens with zero attached hydrogens (tertiary/aromatic N) is 3. The monoisotopic (exact) mass is 444 g/mol. The molecule has 2 atom stereocenters. The van der Waals surface area contributed by atoms with Crippen LogP contribution in [0.1, 0.15) is 42.5 Å².